The highest BCUT2D eigenvalue weighted by molar-refractivity contribution is 6.14. The number of nitrogens with one attached hydrogen (secondary N) is 1. The third-order valence-electron chi connectivity index (χ3n) is 4.82. The van der Waals surface area contributed by atoms with Crippen LogP contribution in [0, 0.1) is 5.41 Å². The first-order chi connectivity index (χ1) is 11.6. The van der Waals surface area contributed by atoms with Crippen molar-refractivity contribution in [2.24, 2.45) is 5.41 Å². The Labute approximate surface area is 141 Å². The van der Waals surface area contributed by atoms with E-state index in [-0.39, 0.29) is 17.4 Å². The average molecular weight is 330 g/mol. The number of piperidine rings is 1. The molecule has 24 heavy (non-hydrogen) atoms. The molecular weight excluding hydrogens is 308 g/mol. The molecule has 0 unspecified atom stereocenters. The van der Waals surface area contributed by atoms with Gasteiger partial charge in [-0.25, -0.2) is 4.79 Å². The van der Waals surface area contributed by atoms with Crippen LogP contribution in [0.4, 0.5) is 5.69 Å². The van der Waals surface area contributed by atoms with Crippen molar-refractivity contribution in [1.82, 2.24) is 4.90 Å². The monoisotopic (exact) mass is 330 g/mol. The van der Waals surface area contributed by atoms with E-state index in [1.165, 1.54) is 7.11 Å². The predicted octanol–water partition coefficient (Wildman–Crippen LogP) is 2.20. The quantitative estimate of drug-likeness (QED) is 0.678. The number of hydrogen-bond acceptors (Lipinski definition) is 4. The van der Waals surface area contributed by atoms with Crippen molar-refractivity contribution < 1.29 is 19.1 Å². The molecule has 6 heteroatoms. The average Bonchev–Trinajstić information content (AvgIpc) is 3.43. The summed E-state index contributed by atoms with van der Waals surface area (Å²) in [6, 6.07) is 6.67. The number of para-hydroxylation sites is 1. The van der Waals surface area contributed by atoms with Crippen LogP contribution in [0.15, 0.2) is 24.3 Å². The lowest BCUT2D eigenvalue weighted by Crippen LogP contribution is -2.45. The van der Waals surface area contributed by atoms with Crippen molar-refractivity contribution in [3.63, 3.8) is 0 Å². The van der Waals surface area contributed by atoms with E-state index in [4.69, 9.17) is 4.74 Å². The minimum Gasteiger partial charge on any atom is -0.465 e. The second-order valence-electron chi connectivity index (χ2n) is 6.43. The molecule has 1 aliphatic carbocycles. The molecule has 128 valence electrons. The van der Waals surface area contributed by atoms with Gasteiger partial charge in [-0.1, -0.05) is 12.1 Å². The number of rotatable bonds is 4. The summed E-state index contributed by atoms with van der Waals surface area (Å²) < 4.78 is 4.74. The van der Waals surface area contributed by atoms with Crippen LogP contribution in [-0.4, -0.2) is 42.9 Å². The van der Waals surface area contributed by atoms with E-state index in [2.05, 4.69) is 5.32 Å². The maximum atomic E-state index is 12.8. The molecule has 2 amide bonds. The molecule has 0 aromatic heterocycles. The minimum atomic E-state index is -0.958. The normalized spacial score (nSPS) is 18.6. The molecule has 1 aromatic carbocycles. The summed E-state index contributed by atoms with van der Waals surface area (Å²) in [5.74, 6) is -0.914. The predicted molar refractivity (Wildman–Crippen MR) is 88.5 cm³/mol. The summed E-state index contributed by atoms with van der Waals surface area (Å²) >= 11 is 0. The van der Waals surface area contributed by atoms with Crippen molar-refractivity contribution in [3.8, 4) is 0 Å². The Morgan fingerprint density at radius 3 is 2.38 bits per heavy atom. The molecule has 1 saturated carbocycles. The molecule has 1 aromatic rings. The van der Waals surface area contributed by atoms with Crippen LogP contribution in [0.3, 0.4) is 0 Å². The van der Waals surface area contributed by atoms with Crippen molar-refractivity contribution in [2.75, 3.05) is 25.5 Å². The van der Waals surface area contributed by atoms with Crippen LogP contribution in [0.2, 0.25) is 0 Å². The van der Waals surface area contributed by atoms with E-state index < -0.39 is 11.4 Å². The van der Waals surface area contributed by atoms with Gasteiger partial charge < -0.3 is 15.0 Å². The van der Waals surface area contributed by atoms with Crippen LogP contribution in [0.5, 0.6) is 0 Å². The summed E-state index contributed by atoms with van der Waals surface area (Å²) in [6.45, 7) is 1.46. The molecule has 0 spiro atoms. The maximum absolute atomic E-state index is 12.8. The van der Waals surface area contributed by atoms with Gasteiger partial charge in [0, 0.05) is 13.1 Å². The van der Waals surface area contributed by atoms with Gasteiger partial charge in [-0.15, -0.1) is 0 Å². The molecule has 2 fully saturated rings. The van der Waals surface area contributed by atoms with E-state index in [1.54, 1.807) is 24.3 Å². The SMILES string of the molecule is COC(=O)c1ccccc1NC(=O)C1(C(=O)N2CCCCC2)CC1. The van der Waals surface area contributed by atoms with Crippen molar-refractivity contribution in [3.05, 3.63) is 29.8 Å². The van der Waals surface area contributed by atoms with E-state index in [0.29, 0.717) is 18.5 Å². The number of esters is 1. The van der Waals surface area contributed by atoms with E-state index in [0.717, 1.165) is 32.4 Å². The Bertz CT molecular complexity index is 661. The van der Waals surface area contributed by atoms with Gasteiger partial charge in [0.1, 0.15) is 5.41 Å². The first kappa shape index (κ1) is 16.5. The van der Waals surface area contributed by atoms with Crippen LogP contribution >= 0.6 is 0 Å². The first-order valence-corrected chi connectivity index (χ1v) is 8.37. The minimum absolute atomic E-state index is 0.0738. The fourth-order valence-electron chi connectivity index (χ4n) is 3.18. The zero-order valence-corrected chi connectivity index (χ0v) is 13.8. The number of benzene rings is 1. The van der Waals surface area contributed by atoms with Crippen LogP contribution < -0.4 is 5.32 Å². The lowest BCUT2D eigenvalue weighted by atomic mass is 10.0. The van der Waals surface area contributed by atoms with Gasteiger partial charge in [0.2, 0.25) is 11.8 Å². The zero-order valence-electron chi connectivity index (χ0n) is 13.8. The Morgan fingerprint density at radius 2 is 1.75 bits per heavy atom. The Hall–Kier alpha value is -2.37. The molecule has 0 bridgehead atoms. The van der Waals surface area contributed by atoms with E-state index in [1.807, 2.05) is 4.90 Å². The topological polar surface area (TPSA) is 75.7 Å². The first-order valence-electron chi connectivity index (χ1n) is 8.37. The van der Waals surface area contributed by atoms with E-state index >= 15 is 0 Å². The number of amides is 2. The molecule has 1 N–H and O–H groups in total. The fraction of sp³-hybridized carbons (Fsp3) is 0.500. The Kier molecular flexibility index (Phi) is 4.55. The van der Waals surface area contributed by atoms with Crippen molar-refractivity contribution >= 4 is 23.5 Å². The molecule has 1 heterocycles. The second-order valence-corrected chi connectivity index (χ2v) is 6.43. The molecule has 1 aliphatic heterocycles. The number of carbonyl (C=O) groups excluding carboxylic acids is 3. The highest BCUT2D eigenvalue weighted by Crippen LogP contribution is 2.48. The number of nitrogens with zero attached hydrogens (tertiary/aromatic N) is 1. The molecule has 2 aliphatic rings. The highest BCUT2D eigenvalue weighted by Gasteiger charge is 2.58. The number of likely N-dealkylation sites (tertiary alicyclic amines) is 1. The maximum Gasteiger partial charge on any atom is 0.339 e. The summed E-state index contributed by atoms with van der Waals surface area (Å²) in [5, 5.41) is 2.76. The summed E-state index contributed by atoms with van der Waals surface area (Å²) in [5.41, 5.74) is -0.290. The van der Waals surface area contributed by atoms with Crippen molar-refractivity contribution in [1.29, 1.82) is 0 Å². The highest BCUT2D eigenvalue weighted by atomic mass is 16.5. The summed E-state index contributed by atoms with van der Waals surface area (Å²) in [7, 11) is 1.29. The van der Waals surface area contributed by atoms with Crippen molar-refractivity contribution in [2.45, 2.75) is 32.1 Å². The largest absolute Gasteiger partial charge is 0.465 e. The lowest BCUT2D eigenvalue weighted by molar-refractivity contribution is -0.143. The molecule has 1 saturated heterocycles. The van der Waals surface area contributed by atoms with Crippen LogP contribution in [-0.2, 0) is 14.3 Å². The smallest absolute Gasteiger partial charge is 0.339 e. The fourth-order valence-corrected chi connectivity index (χ4v) is 3.18. The molecule has 6 nitrogen and oxygen atoms in total. The number of methoxy groups -OCH3 is 1. The summed E-state index contributed by atoms with van der Waals surface area (Å²) in [6.07, 6.45) is 4.25. The van der Waals surface area contributed by atoms with Gasteiger partial charge in [0.25, 0.3) is 0 Å². The van der Waals surface area contributed by atoms with Gasteiger partial charge in [-0.05, 0) is 44.2 Å². The van der Waals surface area contributed by atoms with Gasteiger partial charge in [0.05, 0.1) is 18.4 Å². The molecule has 0 radical (unpaired) electrons. The number of carbonyl (C=O) groups is 3. The number of hydrogen-bond donors (Lipinski definition) is 1. The second kappa shape index (κ2) is 6.63. The third kappa shape index (κ3) is 3.00. The Balaban J connectivity index is 1.75. The van der Waals surface area contributed by atoms with Gasteiger partial charge >= 0.3 is 5.97 Å². The number of anilines is 1. The zero-order chi connectivity index (χ0) is 17.2. The molecule has 3 rings (SSSR count). The van der Waals surface area contributed by atoms with E-state index in [9.17, 15) is 14.4 Å². The Morgan fingerprint density at radius 1 is 1.08 bits per heavy atom. The van der Waals surface area contributed by atoms with Crippen LogP contribution in [0.25, 0.3) is 0 Å². The summed E-state index contributed by atoms with van der Waals surface area (Å²) in [4.78, 5) is 39.1. The molecular formula is C18H22N2O4. The third-order valence-corrected chi connectivity index (χ3v) is 4.82. The standard InChI is InChI=1S/C18H22N2O4/c1-24-15(21)13-7-3-4-8-14(13)19-16(22)18(9-10-18)17(23)20-11-5-2-6-12-20/h3-4,7-8H,2,5-6,9-12H2,1H3,(H,19,22). The molecule has 0 atom stereocenters. The van der Waals surface area contributed by atoms with Gasteiger partial charge in [0.15, 0.2) is 0 Å². The van der Waals surface area contributed by atoms with Crippen LogP contribution in [0.1, 0.15) is 42.5 Å². The van der Waals surface area contributed by atoms with Gasteiger partial charge in [-0.2, -0.15) is 0 Å². The number of ether oxygens (including phenoxy) is 1. The lowest BCUT2D eigenvalue weighted by Gasteiger charge is -2.30. The van der Waals surface area contributed by atoms with Gasteiger partial charge in [-0.3, -0.25) is 9.59 Å².